The second-order valence-corrected chi connectivity index (χ2v) is 3.61. The standard InChI is InChI=1S/C7H5O5S.2Li.H2O/c8-4-5-3-6(13(10,11)12)1-2-7(5)9;;;/h1-3,9H,(H,10,11,12);;;1H2/q-1;2*+1;/p-2. The first-order valence-electron chi connectivity index (χ1n) is 3.12. The van der Waals surface area contributed by atoms with Crippen LogP contribution < -0.4 is 37.7 Å². The van der Waals surface area contributed by atoms with Gasteiger partial charge in [0.1, 0.15) is 10.1 Å². The molecule has 0 spiro atoms. The third-order valence-electron chi connectivity index (χ3n) is 1.37. The summed E-state index contributed by atoms with van der Waals surface area (Å²) in [6, 6.07) is 2.63. The Bertz CT molecular complexity index is 444. The molecule has 0 atom stereocenters. The summed E-state index contributed by atoms with van der Waals surface area (Å²) < 4.78 is 31.3. The van der Waals surface area contributed by atoms with Crippen LogP contribution in [0.5, 0.6) is 5.75 Å². The fourth-order valence-electron chi connectivity index (χ4n) is 0.752. The Labute approximate surface area is 116 Å². The zero-order chi connectivity index (χ0) is 10.1. The zero-order valence-electron chi connectivity index (χ0n) is 8.67. The summed E-state index contributed by atoms with van der Waals surface area (Å²) in [4.78, 5) is 9.56. The number of aromatic hydroxyl groups is 1. The maximum atomic E-state index is 10.4. The van der Waals surface area contributed by atoms with Crippen molar-refractivity contribution in [2.45, 2.75) is 4.90 Å². The molecule has 0 aliphatic rings. The Kier molecular flexibility index (Phi) is 10.5. The van der Waals surface area contributed by atoms with Crippen molar-refractivity contribution in [2.75, 3.05) is 0 Å². The van der Waals surface area contributed by atoms with E-state index >= 15 is 0 Å². The van der Waals surface area contributed by atoms with Crippen molar-refractivity contribution < 1.29 is 66.1 Å². The number of hydrogen-bond donors (Lipinski definition) is 1. The van der Waals surface area contributed by atoms with Crippen LogP contribution in [0.25, 0.3) is 0 Å². The molecule has 16 heavy (non-hydrogen) atoms. The second-order valence-electron chi connectivity index (χ2n) is 2.24. The summed E-state index contributed by atoms with van der Waals surface area (Å²) in [7, 11) is -4.59. The molecule has 0 fully saturated rings. The van der Waals surface area contributed by atoms with Gasteiger partial charge in [-0.05, 0) is 4.90 Å². The summed E-state index contributed by atoms with van der Waals surface area (Å²) >= 11 is 0. The zero-order valence-corrected chi connectivity index (χ0v) is 9.48. The summed E-state index contributed by atoms with van der Waals surface area (Å²) in [5, 5.41) is 8.94. The molecule has 0 amide bonds. The molecule has 0 bridgehead atoms. The topological polar surface area (TPSA) is 124 Å². The van der Waals surface area contributed by atoms with E-state index in [1.165, 1.54) is 6.29 Å². The third-order valence-corrected chi connectivity index (χ3v) is 2.20. The number of hydrogen-bond acceptors (Lipinski definition) is 6. The Morgan fingerprint density at radius 2 is 1.75 bits per heavy atom. The summed E-state index contributed by atoms with van der Waals surface area (Å²) in [6.45, 7) is 0. The molecule has 9 heteroatoms. The first-order chi connectivity index (χ1) is 5.95. The number of carbonyl (C=O) groups excluding carboxylic acids is 1. The molecule has 1 rings (SSSR count). The molecule has 1 aromatic carbocycles. The number of phenols is 1. The van der Waals surface area contributed by atoms with Gasteiger partial charge in [0.2, 0.25) is 0 Å². The van der Waals surface area contributed by atoms with Gasteiger partial charge < -0.3 is 19.9 Å². The van der Waals surface area contributed by atoms with E-state index in [0.29, 0.717) is 0 Å². The normalized spacial score (nSPS) is 9.06. The van der Waals surface area contributed by atoms with Crippen molar-refractivity contribution in [3.8, 4) is 5.75 Å². The average molecular weight is 231 g/mol. The van der Waals surface area contributed by atoms with Gasteiger partial charge in [-0.2, -0.15) is 0 Å². The molecule has 0 aliphatic carbocycles. The Morgan fingerprint density at radius 3 is 2.12 bits per heavy atom. The van der Waals surface area contributed by atoms with Crippen molar-refractivity contribution in [1.29, 1.82) is 0 Å². The van der Waals surface area contributed by atoms with E-state index in [1.807, 2.05) is 0 Å². The largest absolute Gasteiger partial charge is 1.00 e. The van der Waals surface area contributed by atoms with Crippen molar-refractivity contribution in [3.05, 3.63) is 23.8 Å². The Hall–Kier alpha value is -0.245. The second kappa shape index (κ2) is 7.94. The van der Waals surface area contributed by atoms with E-state index in [9.17, 15) is 17.8 Å². The van der Waals surface area contributed by atoms with Gasteiger partial charge in [-0.1, -0.05) is 12.1 Å². The third kappa shape index (κ3) is 5.19. The van der Waals surface area contributed by atoms with Crippen LogP contribution in [0.3, 0.4) is 0 Å². The molecule has 6 nitrogen and oxygen atoms in total. The van der Waals surface area contributed by atoms with Crippen LogP contribution in [0, 0.1) is 0 Å². The predicted octanol–water partition coefficient (Wildman–Crippen LogP) is -6.41. The van der Waals surface area contributed by atoms with Crippen molar-refractivity contribution in [1.82, 2.24) is 0 Å². The molecule has 78 valence electrons. The van der Waals surface area contributed by atoms with Gasteiger partial charge in [-0.15, -0.1) is 11.6 Å². The molecular formula is C7H5Li2O6S-. The van der Waals surface area contributed by atoms with E-state index in [0.717, 1.165) is 18.2 Å². The van der Waals surface area contributed by atoms with Gasteiger partial charge in [0.15, 0.2) is 0 Å². The van der Waals surface area contributed by atoms with E-state index < -0.39 is 20.8 Å². The monoisotopic (exact) mass is 231 g/mol. The van der Waals surface area contributed by atoms with Gasteiger partial charge in [0, 0.05) is 5.75 Å². The maximum absolute atomic E-state index is 10.4. The fourth-order valence-corrected chi connectivity index (χ4v) is 1.25. The van der Waals surface area contributed by atoms with Gasteiger partial charge in [-0.3, -0.25) is 0 Å². The van der Waals surface area contributed by atoms with Crippen LogP contribution in [0.15, 0.2) is 23.1 Å². The molecule has 0 unspecified atom stereocenters. The van der Waals surface area contributed by atoms with Crippen LogP contribution in [-0.2, 0) is 14.9 Å². The van der Waals surface area contributed by atoms with Crippen molar-refractivity contribution >= 4 is 16.4 Å². The summed E-state index contributed by atoms with van der Waals surface area (Å²) in [5.41, 5.74) is -0.350. The fraction of sp³-hybridized carbons (Fsp3) is 0. The average Bonchev–Trinajstić information content (AvgIpc) is 2.03. The number of rotatable bonds is 2. The minimum absolute atomic E-state index is 0. The number of benzene rings is 1. The summed E-state index contributed by atoms with van der Waals surface area (Å²) in [5.74, 6) is -0.414. The first-order valence-corrected chi connectivity index (χ1v) is 4.53. The quantitative estimate of drug-likeness (QED) is 0.306. The Balaban J connectivity index is -0.000000563. The minimum atomic E-state index is -4.59. The molecule has 0 radical (unpaired) electrons. The van der Waals surface area contributed by atoms with Gasteiger partial charge >= 0.3 is 37.7 Å². The SMILES string of the molecule is O=[C-]c1cc(S(=O)(=O)[O-])ccc1O.[Li+].[Li+].[OH-]. The smallest absolute Gasteiger partial charge is 0.870 e. The van der Waals surface area contributed by atoms with Crippen LogP contribution >= 0.6 is 0 Å². The van der Waals surface area contributed by atoms with Gasteiger partial charge in [-0.25, -0.2) is 8.42 Å². The number of phenolic OH excluding ortho intramolecular Hbond substituents is 1. The molecule has 0 aromatic heterocycles. The molecule has 0 aliphatic heterocycles. The van der Waals surface area contributed by atoms with Crippen LogP contribution in [0.2, 0.25) is 0 Å². The van der Waals surface area contributed by atoms with E-state index in [-0.39, 0.29) is 48.8 Å². The molecule has 0 saturated carbocycles. The minimum Gasteiger partial charge on any atom is -0.870 e. The van der Waals surface area contributed by atoms with Crippen LogP contribution in [0.4, 0.5) is 0 Å². The predicted molar refractivity (Wildman–Crippen MR) is 42.8 cm³/mol. The molecular weight excluding hydrogens is 226 g/mol. The summed E-state index contributed by atoms with van der Waals surface area (Å²) in [6.07, 6.45) is 1.30. The van der Waals surface area contributed by atoms with Gasteiger partial charge in [0.25, 0.3) is 0 Å². The van der Waals surface area contributed by atoms with Gasteiger partial charge in [0.05, 0.1) is 6.29 Å². The Morgan fingerprint density at radius 1 is 1.25 bits per heavy atom. The molecule has 1 aromatic rings. The van der Waals surface area contributed by atoms with Crippen LogP contribution in [0.1, 0.15) is 5.56 Å². The maximum Gasteiger partial charge on any atom is 1.00 e. The molecule has 0 saturated heterocycles. The molecule has 2 N–H and O–H groups in total. The van der Waals surface area contributed by atoms with Crippen LogP contribution in [-0.4, -0.2) is 29.8 Å². The van der Waals surface area contributed by atoms with E-state index in [2.05, 4.69) is 0 Å². The molecule has 0 heterocycles. The van der Waals surface area contributed by atoms with Crippen molar-refractivity contribution in [2.24, 2.45) is 0 Å². The van der Waals surface area contributed by atoms with E-state index in [1.54, 1.807) is 0 Å². The first kappa shape index (κ1) is 21.1. The van der Waals surface area contributed by atoms with E-state index in [4.69, 9.17) is 5.11 Å². The van der Waals surface area contributed by atoms with Crippen molar-refractivity contribution in [3.63, 3.8) is 0 Å².